The number of thiocarbonyl (C=S) groups is 1. The van der Waals surface area contributed by atoms with Crippen molar-refractivity contribution in [3.05, 3.63) is 70.6 Å². The highest BCUT2D eigenvalue weighted by Gasteiger charge is 2.35. The van der Waals surface area contributed by atoms with Crippen molar-refractivity contribution in [2.45, 2.75) is 46.6 Å². The van der Waals surface area contributed by atoms with Crippen molar-refractivity contribution in [3.8, 4) is 0 Å². The van der Waals surface area contributed by atoms with Crippen molar-refractivity contribution in [1.82, 2.24) is 5.32 Å². The molecular weight excluding hydrogens is 449 g/mol. The molecule has 0 spiro atoms. The Bertz CT molecular complexity index is 1280. The Morgan fingerprint density at radius 1 is 1.15 bits per heavy atom. The Hall–Kier alpha value is -3.32. The van der Waals surface area contributed by atoms with Crippen molar-refractivity contribution in [3.63, 3.8) is 0 Å². The first-order valence-electron chi connectivity index (χ1n) is 11.3. The summed E-state index contributed by atoms with van der Waals surface area (Å²) in [5.41, 5.74) is 3.97. The van der Waals surface area contributed by atoms with Gasteiger partial charge in [-0.2, -0.15) is 0 Å². The molecule has 176 valence electrons. The van der Waals surface area contributed by atoms with Gasteiger partial charge in [-0.15, -0.1) is 0 Å². The molecule has 5 nitrogen and oxygen atoms in total. The number of rotatable bonds is 4. The zero-order chi connectivity index (χ0) is 24.8. The number of carbonyl (C=O) groups is 2. The standard InChI is InChI=1S/C27H28FN3O2S/c1-6-10-30-23-14-22(28)18(12-20(23)17(3)15-27(30,4)5)13-21-24(32)29-26(34)31(25(21)33)19-9-7-8-16(2)11-19/h7-9,11-15H,6,10H2,1-5H3,(H,29,32,34)/b21-13-. The fraction of sp³-hybridized carbons (Fsp3) is 0.296. The van der Waals surface area contributed by atoms with Crippen molar-refractivity contribution in [1.29, 1.82) is 0 Å². The summed E-state index contributed by atoms with van der Waals surface area (Å²) >= 11 is 5.26. The number of nitrogens with one attached hydrogen (secondary N) is 1. The smallest absolute Gasteiger partial charge is 0.270 e. The average Bonchev–Trinajstić information content (AvgIpc) is 2.74. The maximum absolute atomic E-state index is 15.4. The number of hydrogen-bond acceptors (Lipinski definition) is 4. The highest BCUT2D eigenvalue weighted by molar-refractivity contribution is 7.80. The molecule has 0 aromatic heterocycles. The topological polar surface area (TPSA) is 52.7 Å². The van der Waals surface area contributed by atoms with Crippen LogP contribution in [0.25, 0.3) is 11.6 Å². The van der Waals surface area contributed by atoms with Crippen LogP contribution in [-0.2, 0) is 9.59 Å². The second-order valence-electron chi connectivity index (χ2n) is 9.32. The Morgan fingerprint density at radius 2 is 1.88 bits per heavy atom. The van der Waals surface area contributed by atoms with E-state index in [4.69, 9.17) is 12.2 Å². The lowest BCUT2D eigenvalue weighted by molar-refractivity contribution is -0.122. The van der Waals surface area contributed by atoms with E-state index in [1.54, 1.807) is 18.2 Å². The molecule has 1 N–H and O–H groups in total. The molecule has 34 heavy (non-hydrogen) atoms. The molecule has 0 radical (unpaired) electrons. The van der Waals surface area contributed by atoms with Gasteiger partial charge in [-0.3, -0.25) is 19.8 Å². The molecule has 2 aromatic rings. The third-order valence-corrected chi connectivity index (χ3v) is 6.49. The number of hydrogen-bond donors (Lipinski definition) is 1. The van der Waals surface area contributed by atoms with Crippen LogP contribution < -0.4 is 15.1 Å². The van der Waals surface area contributed by atoms with Gasteiger partial charge < -0.3 is 4.90 Å². The van der Waals surface area contributed by atoms with Crippen molar-refractivity contribution >= 4 is 52.2 Å². The van der Waals surface area contributed by atoms with Gasteiger partial charge in [0.15, 0.2) is 5.11 Å². The number of benzene rings is 2. The van der Waals surface area contributed by atoms with Gasteiger partial charge in [0.05, 0.1) is 11.2 Å². The lowest BCUT2D eigenvalue weighted by atomic mass is 9.87. The van der Waals surface area contributed by atoms with Crippen LogP contribution in [0.4, 0.5) is 15.8 Å². The largest absolute Gasteiger partial charge is 0.362 e. The van der Waals surface area contributed by atoms with Gasteiger partial charge in [-0.05, 0) is 87.8 Å². The van der Waals surface area contributed by atoms with E-state index in [2.05, 4.69) is 37.1 Å². The first kappa shape index (κ1) is 23.8. The van der Waals surface area contributed by atoms with E-state index in [1.165, 1.54) is 17.0 Å². The number of carbonyl (C=O) groups excluding carboxylic acids is 2. The number of anilines is 2. The van der Waals surface area contributed by atoms with Gasteiger partial charge in [-0.25, -0.2) is 4.39 Å². The van der Waals surface area contributed by atoms with Crippen LogP contribution in [0.2, 0.25) is 0 Å². The minimum absolute atomic E-state index is 0.000112. The molecule has 1 fully saturated rings. The Morgan fingerprint density at radius 3 is 2.56 bits per heavy atom. The molecule has 0 aliphatic carbocycles. The highest BCUT2D eigenvalue weighted by atomic mass is 32.1. The van der Waals surface area contributed by atoms with Crippen LogP contribution in [0, 0.1) is 12.7 Å². The summed E-state index contributed by atoms with van der Waals surface area (Å²) in [6, 6.07) is 10.5. The van der Waals surface area contributed by atoms with E-state index in [-0.39, 0.29) is 21.8 Å². The summed E-state index contributed by atoms with van der Waals surface area (Å²) in [4.78, 5) is 29.5. The summed E-state index contributed by atoms with van der Waals surface area (Å²) in [6.45, 7) is 11.0. The van der Waals surface area contributed by atoms with E-state index in [0.29, 0.717) is 5.69 Å². The average molecular weight is 478 g/mol. The molecule has 0 saturated carbocycles. The number of fused-ring (bicyclic) bond motifs is 1. The first-order valence-corrected chi connectivity index (χ1v) is 11.7. The lowest BCUT2D eigenvalue weighted by Gasteiger charge is -2.43. The van der Waals surface area contributed by atoms with Gasteiger partial charge in [-0.1, -0.05) is 25.1 Å². The van der Waals surface area contributed by atoms with E-state index in [1.807, 2.05) is 26.0 Å². The second-order valence-corrected chi connectivity index (χ2v) is 9.71. The highest BCUT2D eigenvalue weighted by Crippen LogP contribution is 2.40. The second kappa shape index (κ2) is 8.80. The zero-order valence-corrected chi connectivity index (χ0v) is 20.8. The Balaban J connectivity index is 1.79. The summed E-state index contributed by atoms with van der Waals surface area (Å²) in [7, 11) is 0. The normalized spacial score (nSPS) is 18.7. The Labute approximate surface area is 204 Å². The van der Waals surface area contributed by atoms with Crippen LogP contribution in [0.1, 0.15) is 50.8 Å². The van der Waals surface area contributed by atoms with Crippen LogP contribution in [0.3, 0.4) is 0 Å². The van der Waals surface area contributed by atoms with Crippen LogP contribution in [-0.4, -0.2) is 29.0 Å². The summed E-state index contributed by atoms with van der Waals surface area (Å²) in [5, 5.41) is 2.56. The SMILES string of the molecule is CCCN1c2cc(F)c(/C=C3/C(=O)NC(=S)N(c4cccc(C)c4)C3=O)cc2C(C)=CC1(C)C. The molecule has 2 amide bonds. The van der Waals surface area contributed by atoms with Crippen molar-refractivity contribution in [2.24, 2.45) is 0 Å². The van der Waals surface area contributed by atoms with Crippen LogP contribution in [0.15, 0.2) is 48.0 Å². The van der Waals surface area contributed by atoms with E-state index < -0.39 is 17.6 Å². The predicted molar refractivity (Wildman–Crippen MR) is 139 cm³/mol. The molecule has 0 unspecified atom stereocenters. The van der Waals surface area contributed by atoms with E-state index in [0.717, 1.165) is 35.4 Å². The fourth-order valence-electron chi connectivity index (χ4n) is 4.67. The predicted octanol–water partition coefficient (Wildman–Crippen LogP) is 5.38. The molecule has 0 bridgehead atoms. The zero-order valence-electron chi connectivity index (χ0n) is 20.0. The quantitative estimate of drug-likeness (QED) is 0.365. The third kappa shape index (κ3) is 4.16. The molecule has 7 heteroatoms. The molecule has 4 rings (SSSR count). The molecule has 2 aliphatic rings. The van der Waals surface area contributed by atoms with E-state index in [9.17, 15) is 9.59 Å². The summed E-state index contributed by atoms with van der Waals surface area (Å²) in [5.74, 6) is -1.72. The lowest BCUT2D eigenvalue weighted by Crippen LogP contribution is -2.54. The first-order chi connectivity index (χ1) is 16.0. The number of allylic oxidation sites excluding steroid dienone is 1. The minimum Gasteiger partial charge on any atom is -0.362 e. The van der Waals surface area contributed by atoms with Gasteiger partial charge in [0, 0.05) is 23.4 Å². The molecule has 2 aromatic carbocycles. The van der Waals surface area contributed by atoms with Crippen molar-refractivity contribution < 1.29 is 14.0 Å². The number of nitrogens with zero attached hydrogens (tertiary/aromatic N) is 2. The molecule has 2 aliphatic heterocycles. The maximum atomic E-state index is 15.4. The van der Waals surface area contributed by atoms with Gasteiger partial charge in [0.25, 0.3) is 11.8 Å². The number of halogens is 1. The van der Waals surface area contributed by atoms with Crippen LogP contribution >= 0.6 is 12.2 Å². The van der Waals surface area contributed by atoms with Gasteiger partial charge in [0.2, 0.25) is 0 Å². The monoisotopic (exact) mass is 477 g/mol. The summed E-state index contributed by atoms with van der Waals surface area (Å²) in [6.07, 6.45) is 4.40. The molecule has 2 heterocycles. The Kier molecular flexibility index (Phi) is 6.16. The maximum Gasteiger partial charge on any atom is 0.270 e. The van der Waals surface area contributed by atoms with E-state index >= 15 is 4.39 Å². The number of aryl methyl sites for hydroxylation is 1. The van der Waals surface area contributed by atoms with Gasteiger partial charge in [0.1, 0.15) is 11.4 Å². The summed E-state index contributed by atoms with van der Waals surface area (Å²) < 4.78 is 15.4. The minimum atomic E-state index is -0.642. The number of amides is 2. The molecule has 0 atom stereocenters. The van der Waals surface area contributed by atoms with Crippen molar-refractivity contribution in [2.75, 3.05) is 16.3 Å². The molecule has 1 saturated heterocycles. The molecular formula is C27H28FN3O2S. The fourth-order valence-corrected chi connectivity index (χ4v) is 4.95. The van der Waals surface area contributed by atoms with Crippen LogP contribution in [0.5, 0.6) is 0 Å². The third-order valence-electron chi connectivity index (χ3n) is 6.20. The van der Waals surface area contributed by atoms with Gasteiger partial charge >= 0.3 is 0 Å².